The number of ether oxygens (including phenoxy) is 4. The first-order chi connectivity index (χ1) is 10.6. The van der Waals surface area contributed by atoms with E-state index in [-0.39, 0.29) is 13.2 Å². The van der Waals surface area contributed by atoms with Gasteiger partial charge in [-0.25, -0.2) is 4.79 Å². The summed E-state index contributed by atoms with van der Waals surface area (Å²) in [6.45, 7) is 5.31. The van der Waals surface area contributed by atoms with Crippen LogP contribution in [0, 0.1) is 5.92 Å². The first kappa shape index (κ1) is 18.1. The van der Waals surface area contributed by atoms with Crippen molar-refractivity contribution in [1.82, 2.24) is 4.90 Å². The lowest BCUT2D eigenvalue weighted by molar-refractivity contribution is -0.224. The molecule has 2 aliphatic rings. The molecule has 1 amide bonds. The van der Waals surface area contributed by atoms with Gasteiger partial charge in [0.15, 0.2) is 0 Å². The van der Waals surface area contributed by atoms with Crippen molar-refractivity contribution in [3.05, 3.63) is 12.2 Å². The van der Waals surface area contributed by atoms with Crippen LogP contribution < -0.4 is 0 Å². The van der Waals surface area contributed by atoms with Gasteiger partial charge in [-0.3, -0.25) is 4.90 Å². The average molecular weight is 335 g/mol. The summed E-state index contributed by atoms with van der Waals surface area (Å²) < 4.78 is 47.3. The van der Waals surface area contributed by atoms with E-state index in [4.69, 9.17) is 18.9 Å². The molecule has 0 aromatic heterocycles. The van der Waals surface area contributed by atoms with Crippen molar-refractivity contribution in [2.75, 3.05) is 27.4 Å². The maximum atomic E-state index is 12.7. The normalized spacial score (nSPS) is 29.3. The Kier molecular flexibility index (Phi) is 4.98. The van der Waals surface area contributed by atoms with Crippen LogP contribution in [0.1, 0.15) is 20.8 Å². The molecule has 6 nitrogen and oxygen atoms in total. The lowest BCUT2D eigenvalue weighted by Gasteiger charge is -2.36. The number of hydrogen-bond acceptors (Lipinski definition) is 5. The largest absolute Gasteiger partial charge is 0.444 e. The lowest BCUT2D eigenvalue weighted by Crippen LogP contribution is -2.55. The summed E-state index contributed by atoms with van der Waals surface area (Å²) in [7, 11) is 2.86. The average Bonchev–Trinajstić information content (AvgIpc) is 2.96. The molecule has 0 aromatic rings. The van der Waals surface area contributed by atoms with Gasteiger partial charge in [0.25, 0.3) is 6.08 Å². The van der Waals surface area contributed by atoms with Crippen LogP contribution in [0.2, 0.25) is 0 Å². The van der Waals surface area contributed by atoms with Crippen LogP contribution in [0.15, 0.2) is 12.2 Å². The summed E-state index contributed by atoms with van der Waals surface area (Å²) in [6.07, 6.45) is -2.24. The van der Waals surface area contributed by atoms with Gasteiger partial charge in [0.1, 0.15) is 18.2 Å². The van der Waals surface area contributed by atoms with Gasteiger partial charge in [-0.2, -0.15) is 8.78 Å². The fourth-order valence-electron chi connectivity index (χ4n) is 3.12. The molecule has 2 rings (SSSR count). The second kappa shape index (κ2) is 6.33. The van der Waals surface area contributed by atoms with Crippen LogP contribution in [0.5, 0.6) is 0 Å². The first-order valence-electron chi connectivity index (χ1n) is 7.38. The standard InChI is InChI=1S/C15H23F2NO5/c1-14(2,3)23-13(19)18-7-9(6-10(16)17)11-12(18)15(20-4,21-5)8-22-11/h6,9,11-12H,7-8H2,1-5H3/t9-,11-,12+/m1/s1. The summed E-state index contributed by atoms with van der Waals surface area (Å²) in [5.41, 5.74) is -0.700. The fourth-order valence-corrected chi connectivity index (χ4v) is 3.12. The van der Waals surface area contributed by atoms with E-state index in [1.54, 1.807) is 20.8 Å². The Morgan fingerprint density at radius 3 is 2.39 bits per heavy atom. The van der Waals surface area contributed by atoms with Gasteiger partial charge in [-0.15, -0.1) is 0 Å². The maximum Gasteiger partial charge on any atom is 0.410 e. The molecule has 2 saturated heterocycles. The third-order valence-corrected chi connectivity index (χ3v) is 4.06. The van der Waals surface area contributed by atoms with E-state index in [1.165, 1.54) is 19.1 Å². The zero-order valence-corrected chi connectivity index (χ0v) is 14.0. The van der Waals surface area contributed by atoms with Crippen LogP contribution in [-0.2, 0) is 18.9 Å². The zero-order chi connectivity index (χ0) is 17.4. The molecule has 0 spiro atoms. The van der Waals surface area contributed by atoms with Crippen molar-refractivity contribution in [1.29, 1.82) is 0 Å². The van der Waals surface area contributed by atoms with Gasteiger partial charge in [0, 0.05) is 26.7 Å². The smallest absolute Gasteiger partial charge is 0.410 e. The molecule has 2 heterocycles. The molecule has 0 bridgehead atoms. The number of halogens is 2. The minimum absolute atomic E-state index is 0.0485. The quantitative estimate of drug-likeness (QED) is 0.741. The third kappa shape index (κ3) is 3.49. The van der Waals surface area contributed by atoms with Crippen molar-refractivity contribution in [2.45, 2.75) is 44.3 Å². The summed E-state index contributed by atoms with van der Waals surface area (Å²) in [5, 5.41) is 0. The van der Waals surface area contributed by atoms with E-state index in [0.717, 1.165) is 6.08 Å². The van der Waals surface area contributed by atoms with Gasteiger partial charge < -0.3 is 18.9 Å². The highest BCUT2D eigenvalue weighted by Crippen LogP contribution is 2.42. The second-order valence-corrected chi connectivity index (χ2v) is 6.69. The molecule has 0 saturated carbocycles. The Morgan fingerprint density at radius 2 is 1.91 bits per heavy atom. The molecule has 2 aliphatic heterocycles. The summed E-state index contributed by atoms with van der Waals surface area (Å²) in [5.74, 6) is -1.85. The molecule has 0 aliphatic carbocycles. The molecule has 0 N–H and O–H groups in total. The van der Waals surface area contributed by atoms with E-state index >= 15 is 0 Å². The lowest BCUT2D eigenvalue weighted by atomic mass is 9.99. The van der Waals surface area contributed by atoms with Gasteiger partial charge in [0.05, 0.1) is 6.10 Å². The molecular weight excluding hydrogens is 312 g/mol. The summed E-state index contributed by atoms with van der Waals surface area (Å²) >= 11 is 0. The molecule has 0 radical (unpaired) electrons. The van der Waals surface area contributed by atoms with Crippen molar-refractivity contribution >= 4 is 6.09 Å². The molecule has 0 aromatic carbocycles. The molecule has 0 unspecified atom stereocenters. The Labute approximate surface area is 134 Å². The van der Waals surface area contributed by atoms with Crippen molar-refractivity contribution in [3.63, 3.8) is 0 Å². The Bertz CT molecular complexity index is 483. The minimum Gasteiger partial charge on any atom is -0.444 e. The number of fused-ring (bicyclic) bond motifs is 1. The van der Waals surface area contributed by atoms with E-state index < -0.39 is 41.6 Å². The molecule has 8 heteroatoms. The topological polar surface area (TPSA) is 57.2 Å². The molecule has 23 heavy (non-hydrogen) atoms. The Morgan fingerprint density at radius 1 is 1.30 bits per heavy atom. The van der Waals surface area contributed by atoms with E-state index in [1.807, 2.05) is 0 Å². The monoisotopic (exact) mass is 335 g/mol. The van der Waals surface area contributed by atoms with Crippen molar-refractivity contribution in [2.24, 2.45) is 5.92 Å². The Balaban J connectivity index is 2.32. The maximum absolute atomic E-state index is 12.7. The van der Waals surface area contributed by atoms with Crippen molar-refractivity contribution in [3.8, 4) is 0 Å². The predicted molar refractivity (Wildman–Crippen MR) is 77.0 cm³/mol. The number of carbonyl (C=O) groups excluding carboxylic acids is 1. The fraction of sp³-hybridized carbons (Fsp3) is 0.800. The van der Waals surface area contributed by atoms with Crippen molar-refractivity contribution < 1.29 is 32.5 Å². The highest BCUT2D eigenvalue weighted by molar-refractivity contribution is 5.69. The number of amides is 1. The van der Waals surface area contributed by atoms with E-state index in [0.29, 0.717) is 0 Å². The van der Waals surface area contributed by atoms with Crippen LogP contribution in [0.3, 0.4) is 0 Å². The summed E-state index contributed by atoms with van der Waals surface area (Å²) in [6, 6.07) is -0.659. The van der Waals surface area contributed by atoms with Gasteiger partial charge in [-0.1, -0.05) is 0 Å². The number of carbonyl (C=O) groups is 1. The SMILES string of the molecule is COC1(OC)CO[C@@H]2[C@H](C=C(F)F)CN(C(=O)OC(C)(C)C)[C@@H]21. The highest BCUT2D eigenvalue weighted by Gasteiger charge is 2.61. The molecular formula is C15H23F2NO5. The second-order valence-electron chi connectivity index (χ2n) is 6.69. The summed E-state index contributed by atoms with van der Waals surface area (Å²) in [4.78, 5) is 13.8. The zero-order valence-electron chi connectivity index (χ0n) is 14.0. The molecule has 132 valence electrons. The van der Waals surface area contributed by atoms with E-state index in [2.05, 4.69) is 0 Å². The number of rotatable bonds is 3. The number of nitrogens with zero attached hydrogens (tertiary/aromatic N) is 1. The number of methoxy groups -OCH3 is 2. The molecule has 3 atom stereocenters. The van der Waals surface area contributed by atoms with Crippen LogP contribution in [0.25, 0.3) is 0 Å². The van der Waals surface area contributed by atoms with Gasteiger partial charge in [-0.05, 0) is 26.8 Å². The van der Waals surface area contributed by atoms with Gasteiger partial charge in [0.2, 0.25) is 5.79 Å². The van der Waals surface area contributed by atoms with Crippen LogP contribution in [-0.4, -0.2) is 61.9 Å². The predicted octanol–water partition coefficient (Wildman–Crippen LogP) is 2.39. The number of hydrogen-bond donors (Lipinski definition) is 0. The highest BCUT2D eigenvalue weighted by atomic mass is 19.3. The van der Waals surface area contributed by atoms with Crippen LogP contribution in [0.4, 0.5) is 13.6 Å². The minimum atomic E-state index is -1.81. The van der Waals surface area contributed by atoms with E-state index in [9.17, 15) is 13.6 Å². The number of likely N-dealkylation sites (tertiary alicyclic amines) is 1. The third-order valence-electron chi connectivity index (χ3n) is 4.06. The van der Waals surface area contributed by atoms with Gasteiger partial charge >= 0.3 is 6.09 Å². The molecule has 2 fully saturated rings. The first-order valence-corrected chi connectivity index (χ1v) is 7.38. The van der Waals surface area contributed by atoms with Crippen LogP contribution >= 0.6 is 0 Å². The Hall–Kier alpha value is -1.25.